The Kier molecular flexibility index (Phi) is 7.01. The molecule has 0 radical (unpaired) electrons. The average Bonchev–Trinajstić information content (AvgIpc) is 2.62. The van der Waals surface area contributed by atoms with E-state index >= 15 is 0 Å². The zero-order valence-electron chi connectivity index (χ0n) is 14.9. The van der Waals surface area contributed by atoms with Crippen LogP contribution in [0, 0.1) is 0 Å². The summed E-state index contributed by atoms with van der Waals surface area (Å²) in [6.45, 7) is 4.87. The Balaban J connectivity index is 1.98. The predicted octanol–water partition coefficient (Wildman–Crippen LogP) is 4.16. The van der Waals surface area contributed by atoms with Crippen LogP contribution in [0.4, 0.5) is 0 Å². The quantitative estimate of drug-likeness (QED) is 0.790. The fourth-order valence-corrected chi connectivity index (χ4v) is 2.80. The van der Waals surface area contributed by atoms with Gasteiger partial charge in [-0.25, -0.2) is 0 Å². The van der Waals surface area contributed by atoms with Crippen LogP contribution in [-0.4, -0.2) is 23.9 Å². The first-order valence-electron chi connectivity index (χ1n) is 8.71. The molecule has 1 amide bonds. The minimum absolute atomic E-state index is 0.0794. The Morgan fingerprint density at radius 1 is 1.04 bits per heavy atom. The van der Waals surface area contributed by atoms with Gasteiger partial charge in [0.15, 0.2) is 0 Å². The predicted molar refractivity (Wildman–Crippen MR) is 99.6 cm³/mol. The van der Waals surface area contributed by atoms with Crippen molar-refractivity contribution in [1.82, 2.24) is 10.2 Å². The van der Waals surface area contributed by atoms with Gasteiger partial charge in [-0.1, -0.05) is 74.0 Å². The van der Waals surface area contributed by atoms with Crippen LogP contribution < -0.4 is 5.32 Å². The van der Waals surface area contributed by atoms with Gasteiger partial charge in [0.05, 0.1) is 12.1 Å². The Bertz CT molecular complexity index is 612. The van der Waals surface area contributed by atoms with Crippen LogP contribution in [0.15, 0.2) is 60.7 Å². The minimum Gasteiger partial charge on any atom is -0.348 e. The normalized spacial score (nSPS) is 13.5. The first-order chi connectivity index (χ1) is 11.6. The Hall–Kier alpha value is -2.13. The summed E-state index contributed by atoms with van der Waals surface area (Å²) in [5.41, 5.74) is 2.39. The highest BCUT2D eigenvalue weighted by molar-refractivity contribution is 5.81. The Morgan fingerprint density at radius 2 is 1.62 bits per heavy atom. The van der Waals surface area contributed by atoms with Crippen molar-refractivity contribution >= 4 is 5.91 Å². The smallest absolute Gasteiger partial charge is 0.237 e. The molecule has 2 unspecified atom stereocenters. The Labute approximate surface area is 145 Å². The first-order valence-corrected chi connectivity index (χ1v) is 8.71. The van der Waals surface area contributed by atoms with E-state index in [4.69, 9.17) is 0 Å². The lowest BCUT2D eigenvalue weighted by atomic mass is 10.0. The molecule has 0 saturated heterocycles. The van der Waals surface area contributed by atoms with Gasteiger partial charge in [-0.2, -0.15) is 0 Å². The molecule has 2 atom stereocenters. The first kappa shape index (κ1) is 18.2. The SMILES string of the molecule is CCCC(NC(=O)C(C)N(C)Cc1ccccc1)c1ccccc1. The van der Waals surface area contributed by atoms with Crippen molar-refractivity contribution in [3.63, 3.8) is 0 Å². The number of likely N-dealkylation sites (N-methyl/N-ethyl adjacent to an activating group) is 1. The number of carbonyl (C=O) groups is 1. The van der Waals surface area contributed by atoms with Gasteiger partial charge in [0.2, 0.25) is 5.91 Å². The van der Waals surface area contributed by atoms with Gasteiger partial charge in [-0.15, -0.1) is 0 Å². The maximum atomic E-state index is 12.7. The van der Waals surface area contributed by atoms with Crippen molar-refractivity contribution in [2.75, 3.05) is 7.05 Å². The zero-order valence-corrected chi connectivity index (χ0v) is 14.9. The van der Waals surface area contributed by atoms with Crippen molar-refractivity contribution in [1.29, 1.82) is 0 Å². The highest BCUT2D eigenvalue weighted by atomic mass is 16.2. The largest absolute Gasteiger partial charge is 0.348 e. The lowest BCUT2D eigenvalue weighted by Gasteiger charge is -2.27. The van der Waals surface area contributed by atoms with E-state index in [9.17, 15) is 4.79 Å². The van der Waals surface area contributed by atoms with Gasteiger partial charge in [-0.3, -0.25) is 9.69 Å². The van der Waals surface area contributed by atoms with Gasteiger partial charge in [0.1, 0.15) is 0 Å². The maximum Gasteiger partial charge on any atom is 0.237 e. The summed E-state index contributed by atoms with van der Waals surface area (Å²) >= 11 is 0. The molecule has 128 valence electrons. The fraction of sp³-hybridized carbons (Fsp3) is 0.381. The van der Waals surface area contributed by atoms with Gasteiger partial charge < -0.3 is 5.32 Å². The van der Waals surface area contributed by atoms with Crippen molar-refractivity contribution in [3.05, 3.63) is 71.8 Å². The van der Waals surface area contributed by atoms with E-state index in [0.29, 0.717) is 0 Å². The summed E-state index contributed by atoms with van der Waals surface area (Å²) in [5, 5.41) is 3.22. The molecule has 1 N–H and O–H groups in total. The van der Waals surface area contributed by atoms with Gasteiger partial charge in [-0.05, 0) is 31.5 Å². The van der Waals surface area contributed by atoms with E-state index in [1.165, 1.54) is 11.1 Å². The average molecular weight is 324 g/mol. The molecule has 2 rings (SSSR count). The summed E-state index contributed by atoms with van der Waals surface area (Å²) in [4.78, 5) is 14.8. The van der Waals surface area contributed by atoms with Crippen molar-refractivity contribution < 1.29 is 4.79 Å². The lowest BCUT2D eigenvalue weighted by molar-refractivity contribution is -0.126. The van der Waals surface area contributed by atoms with Gasteiger partial charge in [0.25, 0.3) is 0 Å². The second-order valence-corrected chi connectivity index (χ2v) is 6.34. The van der Waals surface area contributed by atoms with E-state index in [0.717, 1.165) is 19.4 Å². The number of hydrogen-bond donors (Lipinski definition) is 1. The standard InChI is InChI=1S/C21H28N2O/c1-4-11-20(19-14-9-6-10-15-19)22-21(24)17(2)23(3)16-18-12-7-5-8-13-18/h5-10,12-15,17,20H,4,11,16H2,1-3H3,(H,22,24). The molecule has 24 heavy (non-hydrogen) atoms. The molecule has 0 aliphatic carbocycles. The summed E-state index contributed by atoms with van der Waals surface area (Å²) in [6.07, 6.45) is 1.99. The summed E-state index contributed by atoms with van der Waals surface area (Å²) in [6, 6.07) is 20.4. The number of nitrogens with one attached hydrogen (secondary N) is 1. The van der Waals surface area contributed by atoms with E-state index in [1.807, 2.05) is 50.4 Å². The number of carbonyl (C=O) groups excluding carboxylic acids is 1. The molecular formula is C21H28N2O. The van der Waals surface area contributed by atoms with Crippen molar-refractivity contribution in [2.24, 2.45) is 0 Å². The van der Waals surface area contributed by atoms with Gasteiger partial charge >= 0.3 is 0 Å². The van der Waals surface area contributed by atoms with Crippen LogP contribution in [0.3, 0.4) is 0 Å². The second-order valence-electron chi connectivity index (χ2n) is 6.34. The van der Waals surface area contributed by atoms with Crippen LogP contribution in [0.2, 0.25) is 0 Å². The van der Waals surface area contributed by atoms with Crippen LogP contribution in [0.5, 0.6) is 0 Å². The van der Waals surface area contributed by atoms with Crippen LogP contribution >= 0.6 is 0 Å². The van der Waals surface area contributed by atoms with E-state index < -0.39 is 0 Å². The fourth-order valence-electron chi connectivity index (χ4n) is 2.80. The second kappa shape index (κ2) is 9.24. The molecule has 0 saturated carbocycles. The monoisotopic (exact) mass is 324 g/mol. The highest BCUT2D eigenvalue weighted by Gasteiger charge is 2.21. The number of hydrogen-bond acceptors (Lipinski definition) is 2. The van der Waals surface area contributed by atoms with Crippen LogP contribution in [0.25, 0.3) is 0 Å². The molecule has 0 aliphatic rings. The van der Waals surface area contributed by atoms with E-state index in [2.05, 4.69) is 41.4 Å². The summed E-state index contributed by atoms with van der Waals surface area (Å²) in [5.74, 6) is 0.0794. The highest BCUT2D eigenvalue weighted by Crippen LogP contribution is 2.18. The molecule has 0 aromatic heterocycles. The topological polar surface area (TPSA) is 32.3 Å². The molecule has 3 nitrogen and oxygen atoms in total. The molecular weight excluding hydrogens is 296 g/mol. The zero-order chi connectivity index (χ0) is 17.4. The van der Waals surface area contributed by atoms with Crippen molar-refractivity contribution in [3.8, 4) is 0 Å². The number of amides is 1. The van der Waals surface area contributed by atoms with Gasteiger partial charge in [0, 0.05) is 6.54 Å². The Morgan fingerprint density at radius 3 is 2.21 bits per heavy atom. The summed E-state index contributed by atoms with van der Waals surface area (Å²) < 4.78 is 0. The molecule has 0 fully saturated rings. The molecule has 0 heterocycles. The number of rotatable bonds is 8. The molecule has 2 aromatic carbocycles. The van der Waals surface area contributed by atoms with E-state index in [1.54, 1.807) is 0 Å². The minimum atomic E-state index is -0.173. The third-order valence-electron chi connectivity index (χ3n) is 4.41. The lowest BCUT2D eigenvalue weighted by Crippen LogP contribution is -2.44. The molecule has 3 heteroatoms. The number of nitrogens with zero attached hydrogens (tertiary/aromatic N) is 1. The van der Waals surface area contributed by atoms with E-state index in [-0.39, 0.29) is 18.0 Å². The van der Waals surface area contributed by atoms with Crippen LogP contribution in [0.1, 0.15) is 43.9 Å². The third kappa shape index (κ3) is 5.20. The molecule has 2 aromatic rings. The molecule has 0 spiro atoms. The van der Waals surface area contributed by atoms with Crippen LogP contribution in [-0.2, 0) is 11.3 Å². The third-order valence-corrected chi connectivity index (χ3v) is 4.41. The molecule has 0 aliphatic heterocycles. The molecule has 0 bridgehead atoms. The maximum absolute atomic E-state index is 12.7. The number of benzene rings is 2. The summed E-state index contributed by atoms with van der Waals surface area (Å²) in [7, 11) is 1.99. The van der Waals surface area contributed by atoms with Crippen molar-refractivity contribution in [2.45, 2.75) is 45.3 Å².